The molecule has 0 spiro atoms. The van der Waals surface area contributed by atoms with Gasteiger partial charge in [-0.2, -0.15) is 0 Å². The Morgan fingerprint density at radius 1 is 1.00 bits per heavy atom. The van der Waals surface area contributed by atoms with E-state index >= 15 is 0 Å². The lowest BCUT2D eigenvalue weighted by molar-refractivity contribution is -0.121. The number of halogens is 1. The second kappa shape index (κ2) is 10.9. The first-order valence-electron chi connectivity index (χ1n) is 11.6. The number of nitrogens with zero attached hydrogens (tertiary/aromatic N) is 1. The zero-order valence-corrected chi connectivity index (χ0v) is 20.0. The number of rotatable bonds is 7. The van der Waals surface area contributed by atoms with E-state index in [0.717, 1.165) is 59.1 Å². The summed E-state index contributed by atoms with van der Waals surface area (Å²) in [6.45, 7) is 6.84. The molecule has 0 atom stereocenters. The standard InChI is InChI=1S/C28H31ClN2O2/c1-20(2)31-16-14-24(15-17-31)28(32)30-26-4-3-5-27(18-26)33-19-21-6-8-22(9-7-21)23-10-12-25(29)13-11-23/h3-13,18,20,24H,14-17,19H2,1-2H3,(H,30,32). The van der Waals surface area contributed by atoms with Crippen molar-refractivity contribution in [2.75, 3.05) is 18.4 Å². The van der Waals surface area contributed by atoms with Crippen molar-refractivity contribution in [1.29, 1.82) is 0 Å². The number of carbonyl (C=O) groups is 1. The molecule has 3 aromatic carbocycles. The molecule has 4 nitrogen and oxygen atoms in total. The molecule has 1 fully saturated rings. The molecule has 0 aliphatic carbocycles. The predicted molar refractivity (Wildman–Crippen MR) is 136 cm³/mol. The highest BCUT2D eigenvalue weighted by molar-refractivity contribution is 6.30. The van der Waals surface area contributed by atoms with Crippen LogP contribution in [-0.2, 0) is 11.4 Å². The average Bonchev–Trinajstić information content (AvgIpc) is 2.84. The van der Waals surface area contributed by atoms with Crippen molar-refractivity contribution in [3.63, 3.8) is 0 Å². The van der Waals surface area contributed by atoms with E-state index in [1.165, 1.54) is 0 Å². The van der Waals surface area contributed by atoms with Crippen LogP contribution in [0.2, 0.25) is 5.02 Å². The molecule has 172 valence electrons. The van der Waals surface area contributed by atoms with Gasteiger partial charge in [0.05, 0.1) is 0 Å². The molecule has 0 aromatic heterocycles. The first-order valence-corrected chi connectivity index (χ1v) is 12.0. The third-order valence-electron chi connectivity index (χ3n) is 6.27. The van der Waals surface area contributed by atoms with E-state index in [4.69, 9.17) is 16.3 Å². The Labute approximate surface area is 201 Å². The quantitative estimate of drug-likeness (QED) is 0.427. The Hall–Kier alpha value is -2.82. The summed E-state index contributed by atoms with van der Waals surface area (Å²) in [5.41, 5.74) is 4.13. The average molecular weight is 463 g/mol. The molecule has 1 heterocycles. The first-order chi connectivity index (χ1) is 16.0. The largest absolute Gasteiger partial charge is 0.489 e. The Morgan fingerprint density at radius 2 is 1.64 bits per heavy atom. The number of carbonyl (C=O) groups excluding carboxylic acids is 1. The molecule has 1 aliphatic heterocycles. The van der Waals surface area contributed by atoms with Gasteiger partial charge in [0.15, 0.2) is 0 Å². The normalized spacial score (nSPS) is 14.9. The van der Waals surface area contributed by atoms with Crippen LogP contribution in [-0.4, -0.2) is 29.9 Å². The number of anilines is 1. The van der Waals surface area contributed by atoms with Gasteiger partial charge in [-0.3, -0.25) is 4.79 Å². The summed E-state index contributed by atoms with van der Waals surface area (Å²) in [7, 11) is 0. The van der Waals surface area contributed by atoms with Gasteiger partial charge >= 0.3 is 0 Å². The molecule has 3 aromatic rings. The molecule has 1 saturated heterocycles. The number of amides is 1. The second-order valence-electron chi connectivity index (χ2n) is 8.91. The van der Waals surface area contributed by atoms with Crippen molar-refractivity contribution in [1.82, 2.24) is 4.90 Å². The minimum atomic E-state index is 0.0729. The number of hydrogen-bond donors (Lipinski definition) is 1. The highest BCUT2D eigenvalue weighted by Gasteiger charge is 2.26. The van der Waals surface area contributed by atoms with Gasteiger partial charge in [-0.25, -0.2) is 0 Å². The fourth-order valence-corrected chi connectivity index (χ4v) is 4.31. The molecule has 0 unspecified atom stereocenters. The summed E-state index contributed by atoms with van der Waals surface area (Å²) >= 11 is 5.98. The van der Waals surface area contributed by atoms with Crippen molar-refractivity contribution in [2.45, 2.75) is 39.3 Å². The van der Waals surface area contributed by atoms with Crippen LogP contribution in [0.5, 0.6) is 5.75 Å². The van der Waals surface area contributed by atoms with Crippen LogP contribution >= 0.6 is 11.6 Å². The van der Waals surface area contributed by atoms with E-state index in [-0.39, 0.29) is 11.8 Å². The third kappa shape index (κ3) is 6.37. The van der Waals surface area contributed by atoms with Crippen molar-refractivity contribution < 1.29 is 9.53 Å². The molecule has 1 amide bonds. The topological polar surface area (TPSA) is 41.6 Å². The molecule has 4 rings (SSSR count). The lowest BCUT2D eigenvalue weighted by atomic mass is 9.95. The lowest BCUT2D eigenvalue weighted by Gasteiger charge is -2.33. The van der Waals surface area contributed by atoms with Gasteiger partial charge < -0.3 is 15.0 Å². The van der Waals surface area contributed by atoms with Crippen LogP contribution in [0.1, 0.15) is 32.3 Å². The first kappa shape index (κ1) is 23.3. The Bertz CT molecular complexity index is 1060. The molecule has 5 heteroatoms. The molecule has 0 radical (unpaired) electrons. The summed E-state index contributed by atoms with van der Waals surface area (Å²) in [6, 6.07) is 24.3. The van der Waals surface area contributed by atoms with Crippen molar-refractivity contribution >= 4 is 23.2 Å². The molecule has 0 saturated carbocycles. The van der Waals surface area contributed by atoms with Crippen molar-refractivity contribution in [3.05, 3.63) is 83.4 Å². The fourth-order valence-electron chi connectivity index (χ4n) is 4.19. The number of ether oxygens (including phenoxy) is 1. The molecule has 33 heavy (non-hydrogen) atoms. The number of hydrogen-bond acceptors (Lipinski definition) is 3. The number of benzene rings is 3. The maximum Gasteiger partial charge on any atom is 0.227 e. The summed E-state index contributed by atoms with van der Waals surface area (Å²) < 4.78 is 5.99. The Kier molecular flexibility index (Phi) is 7.69. The van der Waals surface area contributed by atoms with Gasteiger partial charge in [0.25, 0.3) is 0 Å². The Balaban J connectivity index is 1.30. The monoisotopic (exact) mass is 462 g/mol. The number of nitrogens with one attached hydrogen (secondary N) is 1. The van der Waals surface area contributed by atoms with Gasteiger partial charge in [-0.05, 0) is 80.7 Å². The van der Waals surface area contributed by atoms with Crippen molar-refractivity contribution in [3.8, 4) is 16.9 Å². The van der Waals surface area contributed by atoms with Crippen LogP contribution in [0.25, 0.3) is 11.1 Å². The van der Waals surface area contributed by atoms with Gasteiger partial charge in [-0.1, -0.05) is 54.1 Å². The fraction of sp³-hybridized carbons (Fsp3) is 0.321. The highest BCUT2D eigenvalue weighted by Crippen LogP contribution is 2.25. The highest BCUT2D eigenvalue weighted by atomic mass is 35.5. The summed E-state index contributed by atoms with van der Waals surface area (Å²) in [4.78, 5) is 15.2. The molecular formula is C28H31ClN2O2. The van der Waals surface area contributed by atoms with E-state index in [1.807, 2.05) is 48.5 Å². The van der Waals surface area contributed by atoms with Crippen LogP contribution in [0.3, 0.4) is 0 Å². The number of piperidine rings is 1. The maximum atomic E-state index is 12.7. The zero-order valence-electron chi connectivity index (χ0n) is 19.3. The van der Waals surface area contributed by atoms with E-state index in [1.54, 1.807) is 0 Å². The SMILES string of the molecule is CC(C)N1CCC(C(=O)Nc2cccc(OCc3ccc(-c4ccc(Cl)cc4)cc3)c2)CC1. The lowest BCUT2D eigenvalue weighted by Crippen LogP contribution is -2.41. The van der Waals surface area contributed by atoms with Crippen LogP contribution in [0.15, 0.2) is 72.8 Å². The molecular weight excluding hydrogens is 432 g/mol. The van der Waals surface area contributed by atoms with Gasteiger partial charge in [0.1, 0.15) is 12.4 Å². The van der Waals surface area contributed by atoms with Gasteiger partial charge in [-0.15, -0.1) is 0 Å². The van der Waals surface area contributed by atoms with E-state index in [2.05, 4.69) is 48.3 Å². The van der Waals surface area contributed by atoms with Crippen LogP contribution in [0, 0.1) is 5.92 Å². The molecule has 1 N–H and O–H groups in total. The van der Waals surface area contributed by atoms with E-state index in [9.17, 15) is 4.79 Å². The van der Waals surface area contributed by atoms with E-state index < -0.39 is 0 Å². The maximum absolute atomic E-state index is 12.7. The number of likely N-dealkylation sites (tertiary alicyclic amines) is 1. The predicted octanol–water partition coefficient (Wildman–Crippen LogP) is 6.64. The van der Waals surface area contributed by atoms with E-state index in [0.29, 0.717) is 12.6 Å². The Morgan fingerprint density at radius 3 is 2.27 bits per heavy atom. The second-order valence-corrected chi connectivity index (χ2v) is 9.35. The molecule has 1 aliphatic rings. The van der Waals surface area contributed by atoms with Crippen LogP contribution < -0.4 is 10.1 Å². The zero-order chi connectivity index (χ0) is 23.2. The third-order valence-corrected chi connectivity index (χ3v) is 6.52. The molecule has 0 bridgehead atoms. The summed E-state index contributed by atoms with van der Waals surface area (Å²) in [6.07, 6.45) is 1.82. The van der Waals surface area contributed by atoms with Crippen molar-refractivity contribution in [2.24, 2.45) is 5.92 Å². The van der Waals surface area contributed by atoms with Crippen LogP contribution in [0.4, 0.5) is 5.69 Å². The van der Waals surface area contributed by atoms with Gasteiger partial charge in [0, 0.05) is 28.7 Å². The minimum Gasteiger partial charge on any atom is -0.489 e. The smallest absolute Gasteiger partial charge is 0.227 e. The summed E-state index contributed by atoms with van der Waals surface area (Å²) in [5, 5.41) is 3.81. The summed E-state index contributed by atoms with van der Waals surface area (Å²) in [5.74, 6) is 0.918. The van der Waals surface area contributed by atoms with Gasteiger partial charge in [0.2, 0.25) is 5.91 Å². The minimum absolute atomic E-state index is 0.0729.